The minimum atomic E-state index is -0.371. The number of benzene rings is 2. The summed E-state index contributed by atoms with van der Waals surface area (Å²) < 4.78 is 0. The van der Waals surface area contributed by atoms with Gasteiger partial charge in [0.1, 0.15) is 6.04 Å². The molecule has 1 aliphatic heterocycles. The van der Waals surface area contributed by atoms with Crippen molar-refractivity contribution in [3.8, 4) is 12.3 Å². The van der Waals surface area contributed by atoms with Gasteiger partial charge in [-0.25, -0.2) is 0 Å². The maximum absolute atomic E-state index is 12.4. The van der Waals surface area contributed by atoms with E-state index in [0.29, 0.717) is 0 Å². The zero-order valence-electron chi connectivity index (χ0n) is 15.2. The third kappa shape index (κ3) is 4.58. The predicted octanol–water partition coefficient (Wildman–Crippen LogP) is 4.10. The Hall–Kier alpha value is -2.93. The van der Waals surface area contributed by atoms with Crippen LogP contribution in [0.3, 0.4) is 0 Å². The molecule has 4 heteroatoms. The molecule has 0 radical (unpaired) electrons. The zero-order chi connectivity index (χ0) is 18.4. The summed E-state index contributed by atoms with van der Waals surface area (Å²) in [5, 5.41) is 6.14. The number of nitrogens with one attached hydrogen (secondary N) is 2. The molecule has 3 rings (SSSR count). The fraction of sp³-hybridized carbons (Fsp3) is 0.318. The van der Waals surface area contributed by atoms with Gasteiger partial charge in [-0.05, 0) is 68.7 Å². The number of piperidine rings is 1. The Labute approximate surface area is 155 Å². The molecule has 1 aliphatic rings. The Kier molecular flexibility index (Phi) is 5.80. The van der Waals surface area contributed by atoms with E-state index in [2.05, 4.69) is 33.6 Å². The maximum Gasteiger partial charge on any atom is 0.246 e. The Morgan fingerprint density at radius 1 is 1.08 bits per heavy atom. The third-order valence-electron chi connectivity index (χ3n) is 4.66. The molecule has 0 unspecified atom stereocenters. The number of rotatable bonds is 5. The molecule has 26 heavy (non-hydrogen) atoms. The lowest BCUT2D eigenvalue weighted by atomic mass is 10.1. The van der Waals surface area contributed by atoms with Crippen molar-refractivity contribution in [3.63, 3.8) is 0 Å². The van der Waals surface area contributed by atoms with E-state index in [4.69, 9.17) is 6.42 Å². The van der Waals surface area contributed by atoms with Crippen molar-refractivity contribution in [2.24, 2.45) is 0 Å². The van der Waals surface area contributed by atoms with Crippen molar-refractivity contribution in [1.82, 2.24) is 0 Å². The van der Waals surface area contributed by atoms with Gasteiger partial charge in [0, 0.05) is 35.7 Å². The highest BCUT2D eigenvalue weighted by Crippen LogP contribution is 2.22. The van der Waals surface area contributed by atoms with Crippen LogP contribution in [-0.2, 0) is 4.79 Å². The van der Waals surface area contributed by atoms with Crippen molar-refractivity contribution in [2.75, 3.05) is 28.6 Å². The second-order valence-corrected chi connectivity index (χ2v) is 6.68. The Morgan fingerprint density at radius 2 is 1.81 bits per heavy atom. The molecule has 134 valence electrons. The predicted molar refractivity (Wildman–Crippen MR) is 109 cm³/mol. The number of amides is 1. The van der Waals surface area contributed by atoms with Crippen LogP contribution in [0, 0.1) is 12.3 Å². The van der Waals surface area contributed by atoms with Gasteiger partial charge in [0.2, 0.25) is 5.91 Å². The molecule has 2 aromatic carbocycles. The highest BCUT2D eigenvalue weighted by molar-refractivity contribution is 5.96. The molecule has 4 nitrogen and oxygen atoms in total. The summed E-state index contributed by atoms with van der Waals surface area (Å²) in [5.74, 6) is 2.52. The van der Waals surface area contributed by atoms with E-state index in [9.17, 15) is 4.79 Å². The van der Waals surface area contributed by atoms with Crippen molar-refractivity contribution in [3.05, 3.63) is 54.1 Å². The number of anilines is 3. The molecule has 0 aromatic heterocycles. The Balaban J connectivity index is 1.57. The molecular formula is C22H25N3O. The number of hydrogen-bond donors (Lipinski definition) is 2. The number of carbonyl (C=O) groups is 1. The number of nitrogens with zero attached hydrogens (tertiary/aromatic N) is 1. The Morgan fingerprint density at radius 3 is 2.50 bits per heavy atom. The molecule has 1 atom stereocenters. The average molecular weight is 347 g/mol. The van der Waals surface area contributed by atoms with Crippen LogP contribution in [0.1, 0.15) is 31.7 Å². The first-order valence-electron chi connectivity index (χ1n) is 9.15. The molecule has 0 spiro atoms. The number of hydrogen-bond acceptors (Lipinski definition) is 3. The molecule has 0 bridgehead atoms. The summed E-state index contributed by atoms with van der Waals surface area (Å²) in [4.78, 5) is 14.8. The molecule has 0 aliphatic carbocycles. The molecule has 1 amide bonds. The summed E-state index contributed by atoms with van der Waals surface area (Å²) in [7, 11) is 0. The minimum absolute atomic E-state index is 0.0816. The van der Waals surface area contributed by atoms with Crippen molar-refractivity contribution in [1.29, 1.82) is 0 Å². The maximum atomic E-state index is 12.4. The lowest BCUT2D eigenvalue weighted by Crippen LogP contribution is -2.32. The normalized spacial score (nSPS) is 15.0. The number of terminal acetylenes is 1. The lowest BCUT2D eigenvalue weighted by molar-refractivity contribution is -0.116. The van der Waals surface area contributed by atoms with E-state index in [-0.39, 0.29) is 11.9 Å². The molecule has 0 saturated carbocycles. The van der Waals surface area contributed by atoms with Crippen LogP contribution < -0.4 is 15.5 Å². The SMILES string of the molecule is C#Cc1cccc(N[C@@H](C)C(=O)Nc2ccc(N3CCCCC3)cc2)c1. The van der Waals surface area contributed by atoms with Crippen LogP contribution in [0.4, 0.5) is 17.1 Å². The van der Waals surface area contributed by atoms with E-state index in [1.807, 2.05) is 43.3 Å². The summed E-state index contributed by atoms with van der Waals surface area (Å²) in [6, 6.07) is 15.2. The van der Waals surface area contributed by atoms with Gasteiger partial charge in [-0.2, -0.15) is 0 Å². The fourth-order valence-corrected chi connectivity index (χ4v) is 3.17. The summed E-state index contributed by atoms with van der Waals surface area (Å²) in [5.41, 5.74) is 3.65. The molecule has 1 heterocycles. The average Bonchev–Trinajstić information content (AvgIpc) is 2.69. The molecule has 1 saturated heterocycles. The first-order valence-corrected chi connectivity index (χ1v) is 9.15. The molecule has 2 N–H and O–H groups in total. The van der Waals surface area contributed by atoms with Crippen LogP contribution in [0.15, 0.2) is 48.5 Å². The Bertz CT molecular complexity index is 786. The van der Waals surface area contributed by atoms with Gasteiger partial charge in [0.15, 0.2) is 0 Å². The van der Waals surface area contributed by atoms with Gasteiger partial charge < -0.3 is 15.5 Å². The van der Waals surface area contributed by atoms with Crippen molar-refractivity contribution in [2.45, 2.75) is 32.2 Å². The minimum Gasteiger partial charge on any atom is -0.374 e. The van der Waals surface area contributed by atoms with Crippen LogP contribution in [0.25, 0.3) is 0 Å². The first-order chi connectivity index (χ1) is 12.7. The molecule has 2 aromatic rings. The summed E-state index contributed by atoms with van der Waals surface area (Å²) >= 11 is 0. The first kappa shape index (κ1) is 17.9. The largest absolute Gasteiger partial charge is 0.374 e. The van der Waals surface area contributed by atoms with Gasteiger partial charge in [0.25, 0.3) is 0 Å². The topological polar surface area (TPSA) is 44.4 Å². The smallest absolute Gasteiger partial charge is 0.246 e. The second-order valence-electron chi connectivity index (χ2n) is 6.68. The standard InChI is InChI=1S/C22H25N3O/c1-3-18-8-7-9-20(16-18)23-17(2)22(26)24-19-10-12-21(13-11-19)25-14-5-4-6-15-25/h1,7-13,16-17,23H,4-6,14-15H2,2H3,(H,24,26)/t17-/m0/s1. The van der Waals surface area contributed by atoms with Crippen LogP contribution in [0.2, 0.25) is 0 Å². The lowest BCUT2D eigenvalue weighted by Gasteiger charge is -2.28. The molecule has 1 fully saturated rings. The van der Waals surface area contributed by atoms with E-state index in [1.165, 1.54) is 24.9 Å². The number of carbonyl (C=O) groups excluding carboxylic acids is 1. The van der Waals surface area contributed by atoms with Gasteiger partial charge in [0.05, 0.1) is 0 Å². The quantitative estimate of drug-likeness (QED) is 0.801. The van der Waals surface area contributed by atoms with Gasteiger partial charge in [-0.3, -0.25) is 4.79 Å². The van der Waals surface area contributed by atoms with Crippen molar-refractivity contribution < 1.29 is 4.79 Å². The van der Waals surface area contributed by atoms with Gasteiger partial charge >= 0.3 is 0 Å². The van der Waals surface area contributed by atoms with E-state index in [1.54, 1.807) is 0 Å². The van der Waals surface area contributed by atoms with Crippen LogP contribution in [0.5, 0.6) is 0 Å². The van der Waals surface area contributed by atoms with Crippen LogP contribution >= 0.6 is 0 Å². The molecular weight excluding hydrogens is 322 g/mol. The van der Waals surface area contributed by atoms with Gasteiger partial charge in [-0.1, -0.05) is 12.0 Å². The van der Waals surface area contributed by atoms with Crippen LogP contribution in [-0.4, -0.2) is 25.0 Å². The summed E-state index contributed by atoms with van der Waals surface area (Å²) in [6.07, 6.45) is 9.24. The van der Waals surface area contributed by atoms with E-state index < -0.39 is 0 Å². The highest BCUT2D eigenvalue weighted by atomic mass is 16.2. The highest BCUT2D eigenvalue weighted by Gasteiger charge is 2.14. The van der Waals surface area contributed by atoms with E-state index >= 15 is 0 Å². The van der Waals surface area contributed by atoms with Gasteiger partial charge in [-0.15, -0.1) is 6.42 Å². The monoisotopic (exact) mass is 347 g/mol. The van der Waals surface area contributed by atoms with E-state index in [0.717, 1.165) is 30.0 Å². The summed E-state index contributed by atoms with van der Waals surface area (Å²) in [6.45, 7) is 4.06. The third-order valence-corrected chi connectivity index (χ3v) is 4.66. The second kappa shape index (κ2) is 8.44. The zero-order valence-corrected chi connectivity index (χ0v) is 15.2. The van der Waals surface area contributed by atoms with Crippen molar-refractivity contribution >= 4 is 23.0 Å². The fourth-order valence-electron chi connectivity index (χ4n) is 3.17.